The van der Waals surface area contributed by atoms with Crippen molar-refractivity contribution >= 4 is 15.9 Å². The van der Waals surface area contributed by atoms with Gasteiger partial charge in [0.25, 0.3) is 0 Å². The summed E-state index contributed by atoms with van der Waals surface area (Å²) in [6, 6.07) is 5.90. The summed E-state index contributed by atoms with van der Waals surface area (Å²) in [6.45, 7) is 1.59. The van der Waals surface area contributed by atoms with Gasteiger partial charge in [0, 0.05) is 19.5 Å². The van der Waals surface area contributed by atoms with Gasteiger partial charge in [-0.15, -0.1) is 0 Å². The fourth-order valence-electron chi connectivity index (χ4n) is 2.31. The van der Waals surface area contributed by atoms with Crippen LogP contribution in [0, 0.1) is 0 Å². The predicted molar refractivity (Wildman–Crippen MR) is 98.6 cm³/mol. The van der Waals surface area contributed by atoms with E-state index in [1.165, 1.54) is 19.2 Å². The Labute approximate surface area is 163 Å². The molecule has 7 nitrogen and oxygen atoms in total. The Morgan fingerprint density at radius 1 is 1.18 bits per heavy atom. The molecule has 0 aromatic heterocycles. The number of halogens is 3. The summed E-state index contributed by atoms with van der Waals surface area (Å²) in [6.07, 6.45) is -3.97. The number of ether oxygens (including phenoxy) is 1. The Balaban J connectivity index is 2.28. The van der Waals surface area contributed by atoms with Crippen LogP contribution in [0.1, 0.15) is 19.8 Å². The van der Waals surface area contributed by atoms with Crippen molar-refractivity contribution in [3.8, 4) is 5.75 Å². The first-order valence-corrected chi connectivity index (χ1v) is 10.3. The van der Waals surface area contributed by atoms with Gasteiger partial charge in [0.05, 0.1) is 18.0 Å². The third-order valence-electron chi connectivity index (χ3n) is 3.58. The van der Waals surface area contributed by atoms with Gasteiger partial charge < -0.3 is 10.1 Å². The number of hydrogen-bond donors (Lipinski definition) is 2. The van der Waals surface area contributed by atoms with Crippen LogP contribution in [0.5, 0.6) is 5.75 Å². The van der Waals surface area contributed by atoms with Gasteiger partial charge in [-0.2, -0.15) is 13.2 Å². The lowest BCUT2D eigenvalue weighted by atomic mass is 10.3. The van der Waals surface area contributed by atoms with Gasteiger partial charge in [-0.3, -0.25) is 9.69 Å². The molecular formula is C17H26F3N3O4S. The van der Waals surface area contributed by atoms with E-state index in [0.717, 1.165) is 4.90 Å². The minimum absolute atomic E-state index is 0.0593. The maximum atomic E-state index is 12.2. The van der Waals surface area contributed by atoms with E-state index in [4.69, 9.17) is 4.74 Å². The zero-order chi connectivity index (χ0) is 21.2. The number of amides is 1. The zero-order valence-electron chi connectivity index (χ0n) is 15.9. The van der Waals surface area contributed by atoms with Crippen molar-refractivity contribution in [2.24, 2.45) is 0 Å². The summed E-state index contributed by atoms with van der Waals surface area (Å²) in [4.78, 5) is 12.9. The van der Waals surface area contributed by atoms with Crippen LogP contribution in [-0.2, 0) is 14.8 Å². The predicted octanol–water partition coefficient (Wildman–Crippen LogP) is 1.75. The van der Waals surface area contributed by atoms with Crippen LogP contribution in [0.4, 0.5) is 13.2 Å². The molecule has 0 saturated carbocycles. The van der Waals surface area contributed by atoms with Gasteiger partial charge in [-0.05, 0) is 51.2 Å². The lowest BCUT2D eigenvalue weighted by Gasteiger charge is -2.18. The van der Waals surface area contributed by atoms with E-state index in [0.29, 0.717) is 18.8 Å². The Hall–Kier alpha value is -1.85. The second kappa shape index (κ2) is 11.2. The smallest absolute Gasteiger partial charge is 0.401 e. The van der Waals surface area contributed by atoms with Crippen molar-refractivity contribution in [3.63, 3.8) is 0 Å². The highest BCUT2D eigenvalue weighted by molar-refractivity contribution is 7.89. The third-order valence-corrected chi connectivity index (χ3v) is 5.05. The van der Waals surface area contributed by atoms with Crippen LogP contribution in [0.3, 0.4) is 0 Å². The maximum Gasteiger partial charge on any atom is 0.401 e. The SMILES string of the molecule is CCOc1ccc(S(=O)(=O)NCCC(=O)NCCCN(C)CC(F)(F)F)cc1. The molecule has 2 N–H and O–H groups in total. The van der Waals surface area contributed by atoms with E-state index in [-0.39, 0.29) is 36.9 Å². The molecule has 28 heavy (non-hydrogen) atoms. The first kappa shape index (κ1) is 24.2. The van der Waals surface area contributed by atoms with Gasteiger partial charge >= 0.3 is 6.18 Å². The molecule has 0 fully saturated rings. The monoisotopic (exact) mass is 425 g/mol. The van der Waals surface area contributed by atoms with E-state index in [2.05, 4.69) is 10.0 Å². The summed E-state index contributed by atoms with van der Waals surface area (Å²) in [5, 5.41) is 2.55. The number of hydrogen-bond acceptors (Lipinski definition) is 5. The lowest BCUT2D eigenvalue weighted by molar-refractivity contribution is -0.143. The molecule has 1 aromatic rings. The summed E-state index contributed by atoms with van der Waals surface area (Å²) in [5.74, 6) is 0.176. The number of sulfonamides is 1. The van der Waals surface area contributed by atoms with Crippen molar-refractivity contribution in [2.45, 2.75) is 30.8 Å². The molecule has 0 aliphatic rings. The summed E-state index contributed by atoms with van der Waals surface area (Å²) in [5.41, 5.74) is 0. The van der Waals surface area contributed by atoms with E-state index >= 15 is 0 Å². The van der Waals surface area contributed by atoms with Crippen LogP contribution < -0.4 is 14.8 Å². The number of carbonyl (C=O) groups is 1. The quantitative estimate of drug-likeness (QED) is 0.498. The molecule has 160 valence electrons. The molecule has 1 aromatic carbocycles. The van der Waals surface area contributed by atoms with Crippen molar-refractivity contribution < 1.29 is 31.1 Å². The Morgan fingerprint density at radius 3 is 2.39 bits per heavy atom. The second-order valence-corrected chi connectivity index (χ2v) is 7.88. The highest BCUT2D eigenvalue weighted by atomic mass is 32.2. The summed E-state index contributed by atoms with van der Waals surface area (Å²) < 4.78 is 68.4. The molecule has 0 unspecified atom stereocenters. The Bertz CT molecular complexity index is 709. The molecule has 0 spiro atoms. The van der Waals surface area contributed by atoms with Gasteiger partial charge in [0.2, 0.25) is 15.9 Å². The fraction of sp³-hybridized carbons (Fsp3) is 0.588. The highest BCUT2D eigenvalue weighted by Crippen LogP contribution is 2.16. The summed E-state index contributed by atoms with van der Waals surface area (Å²) >= 11 is 0. The molecule has 1 amide bonds. The number of nitrogens with one attached hydrogen (secondary N) is 2. The molecule has 0 saturated heterocycles. The van der Waals surface area contributed by atoms with Gasteiger partial charge in [0.15, 0.2) is 0 Å². The van der Waals surface area contributed by atoms with Gasteiger partial charge in [-0.25, -0.2) is 13.1 Å². The largest absolute Gasteiger partial charge is 0.494 e. The summed E-state index contributed by atoms with van der Waals surface area (Å²) in [7, 11) is -2.39. The van der Waals surface area contributed by atoms with Crippen molar-refractivity contribution in [2.75, 3.05) is 39.8 Å². The molecule has 0 radical (unpaired) electrons. The van der Waals surface area contributed by atoms with Gasteiger partial charge in [0.1, 0.15) is 5.75 Å². The molecule has 0 bridgehead atoms. The Morgan fingerprint density at radius 2 is 1.82 bits per heavy atom. The molecular weight excluding hydrogens is 399 g/mol. The molecule has 0 aliphatic heterocycles. The van der Waals surface area contributed by atoms with E-state index < -0.39 is 22.7 Å². The second-order valence-electron chi connectivity index (χ2n) is 6.11. The van der Waals surface area contributed by atoms with Crippen LogP contribution in [0.2, 0.25) is 0 Å². The number of alkyl halides is 3. The topological polar surface area (TPSA) is 87.7 Å². The van der Waals surface area contributed by atoms with E-state index in [1.54, 1.807) is 12.1 Å². The van der Waals surface area contributed by atoms with Crippen LogP contribution in [0.25, 0.3) is 0 Å². The van der Waals surface area contributed by atoms with Crippen molar-refractivity contribution in [1.82, 2.24) is 14.9 Å². The standard InChI is InChI=1S/C17H26F3N3O4S/c1-3-27-14-5-7-15(8-6-14)28(25,26)22-11-9-16(24)21-10-4-12-23(2)13-17(18,19)20/h5-8,22H,3-4,9-13H2,1-2H3,(H,21,24). The molecule has 1 rings (SSSR count). The highest BCUT2D eigenvalue weighted by Gasteiger charge is 2.28. The molecule has 11 heteroatoms. The van der Waals surface area contributed by atoms with Crippen molar-refractivity contribution in [1.29, 1.82) is 0 Å². The van der Waals surface area contributed by atoms with Crippen molar-refractivity contribution in [3.05, 3.63) is 24.3 Å². The fourth-order valence-corrected chi connectivity index (χ4v) is 3.35. The lowest BCUT2D eigenvalue weighted by Crippen LogP contribution is -2.34. The Kier molecular flexibility index (Phi) is 9.70. The first-order chi connectivity index (χ1) is 13.0. The van der Waals surface area contributed by atoms with Crippen LogP contribution >= 0.6 is 0 Å². The maximum absolute atomic E-state index is 12.2. The number of rotatable bonds is 12. The average molecular weight is 425 g/mol. The minimum atomic E-state index is -4.25. The normalized spacial score (nSPS) is 12.2. The van der Waals surface area contributed by atoms with Gasteiger partial charge in [-0.1, -0.05) is 0 Å². The number of carbonyl (C=O) groups excluding carboxylic acids is 1. The molecule has 0 aliphatic carbocycles. The third kappa shape index (κ3) is 9.90. The van der Waals surface area contributed by atoms with Crippen LogP contribution in [-0.4, -0.2) is 65.2 Å². The molecule has 0 heterocycles. The number of nitrogens with zero attached hydrogens (tertiary/aromatic N) is 1. The van der Waals surface area contributed by atoms with E-state index in [1.807, 2.05) is 6.92 Å². The van der Waals surface area contributed by atoms with Crippen LogP contribution in [0.15, 0.2) is 29.2 Å². The van der Waals surface area contributed by atoms with E-state index in [9.17, 15) is 26.4 Å². The average Bonchev–Trinajstić information content (AvgIpc) is 2.58. The molecule has 0 atom stereocenters. The minimum Gasteiger partial charge on any atom is -0.494 e. The number of benzene rings is 1. The first-order valence-electron chi connectivity index (χ1n) is 8.78. The zero-order valence-corrected chi connectivity index (χ0v) is 16.7.